The minimum absolute atomic E-state index is 0.119. The highest BCUT2D eigenvalue weighted by atomic mass is 32.1. The maximum Gasteiger partial charge on any atom is 0.0701 e. The molecule has 1 heterocycles. The third-order valence-electron chi connectivity index (χ3n) is 15.0. The van der Waals surface area contributed by atoms with E-state index in [1.54, 1.807) is 0 Å². The second-order valence-electron chi connectivity index (χ2n) is 19.1. The minimum atomic E-state index is -0.574. The zero-order valence-corrected chi connectivity index (χ0v) is 40.0. The average Bonchev–Trinajstić information content (AvgIpc) is 3.92. The summed E-state index contributed by atoms with van der Waals surface area (Å²) in [6, 6.07) is 96.9. The van der Waals surface area contributed by atoms with Crippen LogP contribution in [0.4, 0.5) is 17.1 Å². The van der Waals surface area contributed by atoms with Crippen molar-refractivity contribution in [3.63, 3.8) is 0 Å². The summed E-state index contributed by atoms with van der Waals surface area (Å²) in [6.07, 6.45) is 0. The lowest BCUT2D eigenvalue weighted by molar-refractivity contribution is 0.660. The van der Waals surface area contributed by atoms with E-state index >= 15 is 0 Å². The molecule has 1 nitrogen and oxygen atoms in total. The van der Waals surface area contributed by atoms with E-state index in [1.807, 2.05) is 11.3 Å². The summed E-state index contributed by atoms with van der Waals surface area (Å²) >= 11 is 1.87. The molecule has 332 valence electrons. The van der Waals surface area contributed by atoms with E-state index in [2.05, 4.69) is 280 Å². The molecule has 0 unspecified atom stereocenters. The van der Waals surface area contributed by atoms with Crippen molar-refractivity contribution >= 4 is 59.3 Å². The molecule has 12 aromatic rings. The number of benzene rings is 11. The topological polar surface area (TPSA) is 3.24 Å². The molecule has 0 N–H and O–H groups in total. The first-order chi connectivity index (χ1) is 34.5. The van der Waals surface area contributed by atoms with E-state index in [0.717, 1.165) is 17.1 Å². The smallest absolute Gasteiger partial charge is 0.0701 e. The van der Waals surface area contributed by atoms with Crippen LogP contribution < -0.4 is 4.90 Å². The van der Waals surface area contributed by atoms with E-state index in [0.29, 0.717) is 0 Å². The molecule has 70 heavy (non-hydrogen) atoms. The SMILES string of the molecule is CC1(C)c2ccccc2-c2cc(N(c3ccc(C(c4ccccc4)(c4ccccc4)c4ccccc4)cc3)c3ccc4ccccc4c3-c3ccccc3-c3cccc4sc5ccccc5c34)ccc21. The molecule has 2 heteroatoms. The Labute approximate surface area is 414 Å². The molecule has 1 aromatic heterocycles. The third kappa shape index (κ3) is 6.51. The Hall–Kier alpha value is -8.30. The first-order valence-corrected chi connectivity index (χ1v) is 25.2. The highest BCUT2D eigenvalue weighted by molar-refractivity contribution is 7.25. The fourth-order valence-corrected chi connectivity index (χ4v) is 13.0. The van der Waals surface area contributed by atoms with E-state index in [9.17, 15) is 0 Å². The van der Waals surface area contributed by atoms with Gasteiger partial charge in [-0.1, -0.05) is 232 Å². The van der Waals surface area contributed by atoms with Gasteiger partial charge >= 0.3 is 0 Å². The van der Waals surface area contributed by atoms with Crippen molar-refractivity contribution in [2.45, 2.75) is 24.7 Å². The largest absolute Gasteiger partial charge is 0.310 e. The van der Waals surface area contributed by atoms with E-state index in [-0.39, 0.29) is 5.41 Å². The van der Waals surface area contributed by atoms with E-state index in [4.69, 9.17) is 0 Å². The molecule has 0 radical (unpaired) electrons. The molecule has 0 amide bonds. The Bertz CT molecular complexity index is 3810. The van der Waals surface area contributed by atoms with Gasteiger partial charge in [0.15, 0.2) is 0 Å². The lowest BCUT2D eigenvalue weighted by Crippen LogP contribution is -2.31. The van der Waals surface area contributed by atoms with Crippen LogP contribution in [0, 0.1) is 0 Å². The average molecular weight is 912 g/mol. The van der Waals surface area contributed by atoms with Gasteiger partial charge in [0.2, 0.25) is 0 Å². The molecule has 0 atom stereocenters. The quantitative estimate of drug-likeness (QED) is 0.130. The van der Waals surface area contributed by atoms with Crippen LogP contribution in [-0.2, 0) is 10.8 Å². The molecule has 0 saturated carbocycles. The second kappa shape index (κ2) is 16.7. The van der Waals surface area contributed by atoms with Gasteiger partial charge in [0.05, 0.1) is 11.1 Å². The van der Waals surface area contributed by atoms with E-state index < -0.39 is 5.41 Å². The van der Waals surface area contributed by atoms with Crippen LogP contribution in [0.2, 0.25) is 0 Å². The van der Waals surface area contributed by atoms with Gasteiger partial charge in [0.25, 0.3) is 0 Å². The lowest BCUT2D eigenvalue weighted by Gasteiger charge is -2.37. The zero-order valence-electron chi connectivity index (χ0n) is 39.2. The fourth-order valence-electron chi connectivity index (χ4n) is 11.9. The Kier molecular flexibility index (Phi) is 10.0. The number of hydrogen-bond donors (Lipinski definition) is 0. The van der Waals surface area contributed by atoms with Crippen molar-refractivity contribution < 1.29 is 0 Å². The summed E-state index contributed by atoms with van der Waals surface area (Å²) in [4.78, 5) is 2.52. The number of rotatable bonds is 9. The standard InChI is InChI=1S/C68H49NS/c1-67(2)60-34-18-16-30-55(60)59-45-52(42-43-61(59)67)69(51-40-38-50(39-41-51)68(47-22-6-3-7-23-47,48-24-8-4-9-25-48)49-26-10-5-11-27-49)62-44-37-46-21-12-13-28-53(46)65(62)56-31-15-14-29-54(56)57-33-20-36-64-66(57)58-32-17-19-35-63(58)70-64/h3-45H,1-2H3. The van der Waals surface area contributed by atoms with Gasteiger partial charge in [-0.2, -0.15) is 0 Å². The van der Waals surface area contributed by atoms with Gasteiger partial charge in [-0.15, -0.1) is 11.3 Å². The molecular weight excluding hydrogens is 863 g/mol. The molecule has 1 aliphatic rings. The van der Waals surface area contributed by atoms with Crippen molar-refractivity contribution in [1.82, 2.24) is 0 Å². The molecule has 13 rings (SSSR count). The first kappa shape index (κ1) is 41.9. The van der Waals surface area contributed by atoms with E-state index in [1.165, 1.54) is 97.7 Å². The van der Waals surface area contributed by atoms with Gasteiger partial charge in [-0.25, -0.2) is 0 Å². The highest BCUT2D eigenvalue weighted by Gasteiger charge is 2.39. The number of hydrogen-bond acceptors (Lipinski definition) is 2. The summed E-state index contributed by atoms with van der Waals surface area (Å²) in [5.74, 6) is 0. The molecule has 0 spiro atoms. The fraction of sp³-hybridized carbons (Fsp3) is 0.0588. The molecule has 0 fully saturated rings. The number of anilines is 3. The molecule has 0 saturated heterocycles. The van der Waals surface area contributed by atoms with Gasteiger partial charge in [0, 0.05) is 42.5 Å². The maximum atomic E-state index is 2.52. The molecule has 0 aliphatic heterocycles. The zero-order chi connectivity index (χ0) is 46.8. The Morgan fingerprint density at radius 2 is 0.871 bits per heavy atom. The highest BCUT2D eigenvalue weighted by Crippen LogP contribution is 2.54. The van der Waals surface area contributed by atoms with Crippen molar-refractivity contribution in [2.24, 2.45) is 0 Å². The Balaban J connectivity index is 1.08. The predicted molar refractivity (Wildman–Crippen MR) is 298 cm³/mol. The van der Waals surface area contributed by atoms with Crippen molar-refractivity contribution in [3.8, 4) is 33.4 Å². The van der Waals surface area contributed by atoms with Crippen molar-refractivity contribution in [1.29, 1.82) is 0 Å². The van der Waals surface area contributed by atoms with Crippen LogP contribution in [0.5, 0.6) is 0 Å². The summed E-state index contributed by atoms with van der Waals surface area (Å²) in [5, 5.41) is 5.02. The van der Waals surface area contributed by atoms with Gasteiger partial charge in [0.1, 0.15) is 0 Å². The Morgan fingerprint density at radius 1 is 0.357 bits per heavy atom. The monoisotopic (exact) mass is 911 g/mol. The van der Waals surface area contributed by atoms with Gasteiger partial charge in [-0.05, 0) is 114 Å². The van der Waals surface area contributed by atoms with Crippen LogP contribution in [0.3, 0.4) is 0 Å². The summed E-state index contributed by atoms with van der Waals surface area (Å²) in [5.41, 5.74) is 17.6. The molecular formula is C68H49NS. The summed E-state index contributed by atoms with van der Waals surface area (Å²) in [7, 11) is 0. The van der Waals surface area contributed by atoms with Gasteiger partial charge < -0.3 is 4.90 Å². The summed E-state index contributed by atoms with van der Waals surface area (Å²) in [6.45, 7) is 4.73. The normalized spacial score (nSPS) is 12.8. The second-order valence-corrected chi connectivity index (χ2v) is 20.2. The number of fused-ring (bicyclic) bond motifs is 7. The Morgan fingerprint density at radius 3 is 1.57 bits per heavy atom. The molecule has 0 bridgehead atoms. The third-order valence-corrected chi connectivity index (χ3v) is 16.2. The number of nitrogens with zero attached hydrogens (tertiary/aromatic N) is 1. The molecule has 1 aliphatic carbocycles. The van der Waals surface area contributed by atoms with Crippen LogP contribution in [0.15, 0.2) is 261 Å². The van der Waals surface area contributed by atoms with Crippen LogP contribution in [0.25, 0.3) is 64.3 Å². The van der Waals surface area contributed by atoms with Crippen molar-refractivity contribution in [3.05, 3.63) is 294 Å². The van der Waals surface area contributed by atoms with Crippen LogP contribution in [-0.4, -0.2) is 0 Å². The maximum absolute atomic E-state index is 2.52. The first-order valence-electron chi connectivity index (χ1n) is 24.3. The predicted octanol–water partition coefficient (Wildman–Crippen LogP) is 18.7. The lowest BCUT2D eigenvalue weighted by atomic mass is 9.65. The summed E-state index contributed by atoms with van der Waals surface area (Å²) < 4.78 is 2.60. The van der Waals surface area contributed by atoms with Crippen molar-refractivity contribution in [2.75, 3.05) is 4.90 Å². The molecule has 11 aromatic carbocycles. The van der Waals surface area contributed by atoms with Crippen LogP contribution >= 0.6 is 11.3 Å². The minimum Gasteiger partial charge on any atom is -0.310 e. The van der Waals surface area contributed by atoms with Crippen LogP contribution in [0.1, 0.15) is 47.2 Å². The van der Waals surface area contributed by atoms with Gasteiger partial charge in [-0.3, -0.25) is 0 Å². The number of thiophene rings is 1.